The molecule has 0 unspecified atom stereocenters. The van der Waals surface area contributed by atoms with Gasteiger partial charge in [-0.2, -0.15) is 4.31 Å². The highest BCUT2D eigenvalue weighted by Gasteiger charge is 2.33. The molecule has 1 aromatic rings. The molecule has 1 saturated carbocycles. The van der Waals surface area contributed by atoms with Crippen molar-refractivity contribution in [2.45, 2.75) is 50.2 Å². The lowest BCUT2D eigenvalue weighted by atomic mass is 10.2. The molecular weight excluding hydrogens is 281 g/mol. The average molecular weight is 301 g/mol. The lowest BCUT2D eigenvalue weighted by Gasteiger charge is -2.27. The summed E-state index contributed by atoms with van der Waals surface area (Å²) in [6.45, 7) is 1.81. The summed E-state index contributed by atoms with van der Waals surface area (Å²) in [6, 6.07) is 3.74. The van der Waals surface area contributed by atoms with E-state index in [9.17, 15) is 12.8 Å². The van der Waals surface area contributed by atoms with E-state index >= 15 is 0 Å². The van der Waals surface area contributed by atoms with Crippen molar-refractivity contribution < 1.29 is 17.9 Å². The van der Waals surface area contributed by atoms with Crippen LogP contribution in [0.4, 0.5) is 4.39 Å². The van der Waals surface area contributed by atoms with Crippen molar-refractivity contribution in [3.8, 4) is 0 Å². The van der Waals surface area contributed by atoms with E-state index in [1.807, 2.05) is 0 Å². The van der Waals surface area contributed by atoms with Gasteiger partial charge in [0.15, 0.2) is 0 Å². The fourth-order valence-electron chi connectivity index (χ4n) is 2.79. The van der Waals surface area contributed by atoms with Crippen LogP contribution in [0.15, 0.2) is 23.1 Å². The molecule has 0 heterocycles. The van der Waals surface area contributed by atoms with Crippen LogP contribution in [0, 0.1) is 5.82 Å². The second-order valence-electron chi connectivity index (χ2n) is 5.07. The van der Waals surface area contributed by atoms with Crippen molar-refractivity contribution in [3.63, 3.8) is 0 Å². The molecule has 0 radical (unpaired) electrons. The Morgan fingerprint density at radius 2 is 2.00 bits per heavy atom. The van der Waals surface area contributed by atoms with Gasteiger partial charge >= 0.3 is 0 Å². The van der Waals surface area contributed by atoms with Crippen LogP contribution in [0.1, 0.15) is 38.2 Å². The van der Waals surface area contributed by atoms with Crippen LogP contribution in [-0.4, -0.2) is 30.4 Å². The van der Waals surface area contributed by atoms with E-state index in [4.69, 9.17) is 5.11 Å². The van der Waals surface area contributed by atoms with Gasteiger partial charge in [-0.05, 0) is 30.5 Å². The van der Waals surface area contributed by atoms with Crippen LogP contribution in [0.3, 0.4) is 0 Å². The molecule has 0 aromatic heterocycles. The quantitative estimate of drug-likeness (QED) is 0.907. The first-order chi connectivity index (χ1) is 9.50. The molecule has 0 aliphatic heterocycles. The maximum atomic E-state index is 14.0. The smallest absolute Gasteiger partial charge is 0.246 e. The molecule has 1 aliphatic carbocycles. The van der Waals surface area contributed by atoms with Crippen molar-refractivity contribution >= 4 is 10.0 Å². The number of aliphatic hydroxyl groups is 1. The Hall–Kier alpha value is -0.980. The van der Waals surface area contributed by atoms with E-state index in [2.05, 4.69) is 0 Å². The highest BCUT2D eigenvalue weighted by molar-refractivity contribution is 7.89. The third kappa shape index (κ3) is 2.87. The van der Waals surface area contributed by atoms with Gasteiger partial charge < -0.3 is 5.11 Å². The first-order valence-corrected chi connectivity index (χ1v) is 8.35. The van der Waals surface area contributed by atoms with E-state index in [1.165, 1.54) is 16.4 Å². The number of sulfonamides is 1. The maximum Gasteiger partial charge on any atom is 0.246 e. The van der Waals surface area contributed by atoms with E-state index in [0.29, 0.717) is 12.1 Å². The van der Waals surface area contributed by atoms with E-state index in [0.717, 1.165) is 31.7 Å². The Labute approximate surface area is 119 Å². The van der Waals surface area contributed by atoms with Crippen molar-refractivity contribution in [2.24, 2.45) is 0 Å². The molecule has 0 atom stereocenters. The standard InChI is InChI=1S/C14H20FNO3S/c1-2-16(12-5-3-4-6-12)20(18,19)14-8-7-11(10-17)9-13(14)15/h7-9,12,17H,2-6,10H2,1H3. The third-order valence-electron chi connectivity index (χ3n) is 3.81. The van der Waals surface area contributed by atoms with Gasteiger partial charge in [0, 0.05) is 12.6 Å². The number of nitrogens with zero attached hydrogens (tertiary/aromatic N) is 1. The van der Waals surface area contributed by atoms with Crippen LogP contribution >= 0.6 is 0 Å². The summed E-state index contributed by atoms with van der Waals surface area (Å²) >= 11 is 0. The van der Waals surface area contributed by atoms with Gasteiger partial charge in [-0.1, -0.05) is 25.8 Å². The molecule has 1 fully saturated rings. The molecule has 0 saturated heterocycles. The molecule has 1 N–H and O–H groups in total. The van der Waals surface area contributed by atoms with Gasteiger partial charge in [-0.25, -0.2) is 12.8 Å². The SMILES string of the molecule is CCN(C1CCCC1)S(=O)(=O)c1ccc(CO)cc1F. The Bertz CT molecular complexity index is 568. The van der Waals surface area contributed by atoms with Crippen LogP contribution in [0.5, 0.6) is 0 Å². The Kier molecular flexibility index (Phi) is 4.78. The topological polar surface area (TPSA) is 57.6 Å². The second kappa shape index (κ2) is 6.20. The van der Waals surface area contributed by atoms with Crippen LogP contribution in [0.25, 0.3) is 0 Å². The zero-order valence-corrected chi connectivity index (χ0v) is 12.4. The number of hydrogen-bond acceptors (Lipinski definition) is 3. The van der Waals surface area contributed by atoms with Crippen LogP contribution < -0.4 is 0 Å². The van der Waals surface area contributed by atoms with E-state index in [1.54, 1.807) is 6.92 Å². The number of rotatable bonds is 5. The van der Waals surface area contributed by atoms with Crippen LogP contribution in [-0.2, 0) is 16.6 Å². The largest absolute Gasteiger partial charge is 0.392 e. The first kappa shape index (κ1) is 15.4. The monoisotopic (exact) mass is 301 g/mol. The number of aliphatic hydroxyl groups excluding tert-OH is 1. The molecule has 0 amide bonds. The summed E-state index contributed by atoms with van der Waals surface area (Å²) in [7, 11) is -3.81. The first-order valence-electron chi connectivity index (χ1n) is 6.91. The molecule has 2 rings (SSSR count). The van der Waals surface area contributed by atoms with Crippen LogP contribution in [0.2, 0.25) is 0 Å². The Morgan fingerprint density at radius 1 is 1.35 bits per heavy atom. The van der Waals surface area contributed by atoms with Crippen molar-refractivity contribution in [2.75, 3.05) is 6.54 Å². The summed E-state index contributed by atoms with van der Waals surface area (Å²) in [4.78, 5) is -0.302. The molecule has 4 nitrogen and oxygen atoms in total. The Morgan fingerprint density at radius 3 is 2.50 bits per heavy atom. The van der Waals surface area contributed by atoms with Gasteiger partial charge in [0.25, 0.3) is 0 Å². The molecular formula is C14H20FNO3S. The van der Waals surface area contributed by atoms with Crippen molar-refractivity contribution in [3.05, 3.63) is 29.6 Å². The normalized spacial score (nSPS) is 17.0. The van der Waals surface area contributed by atoms with Gasteiger partial charge in [-0.3, -0.25) is 0 Å². The number of halogens is 1. The molecule has 1 aromatic carbocycles. The molecule has 0 bridgehead atoms. The van der Waals surface area contributed by atoms with Crippen molar-refractivity contribution in [1.82, 2.24) is 4.31 Å². The maximum absolute atomic E-state index is 14.0. The summed E-state index contributed by atoms with van der Waals surface area (Å²) in [5.74, 6) is -0.798. The molecule has 0 spiro atoms. The van der Waals surface area contributed by atoms with Gasteiger partial charge in [0.05, 0.1) is 6.61 Å². The lowest BCUT2D eigenvalue weighted by molar-refractivity contribution is 0.281. The number of hydrogen-bond donors (Lipinski definition) is 1. The minimum absolute atomic E-state index is 0.0260. The van der Waals surface area contributed by atoms with E-state index in [-0.39, 0.29) is 17.5 Å². The fraction of sp³-hybridized carbons (Fsp3) is 0.571. The van der Waals surface area contributed by atoms with Gasteiger partial charge in [0.2, 0.25) is 10.0 Å². The molecule has 112 valence electrons. The van der Waals surface area contributed by atoms with Gasteiger partial charge in [-0.15, -0.1) is 0 Å². The minimum atomic E-state index is -3.81. The lowest BCUT2D eigenvalue weighted by Crippen LogP contribution is -2.38. The summed E-state index contributed by atoms with van der Waals surface area (Å²) in [5.41, 5.74) is 0.366. The second-order valence-corrected chi connectivity index (χ2v) is 6.93. The predicted molar refractivity (Wildman–Crippen MR) is 74.1 cm³/mol. The fourth-order valence-corrected chi connectivity index (χ4v) is 4.54. The molecule has 20 heavy (non-hydrogen) atoms. The average Bonchev–Trinajstić information content (AvgIpc) is 2.92. The minimum Gasteiger partial charge on any atom is -0.392 e. The molecule has 6 heteroatoms. The van der Waals surface area contributed by atoms with E-state index < -0.39 is 15.8 Å². The zero-order valence-electron chi connectivity index (χ0n) is 11.5. The predicted octanol–water partition coefficient (Wildman–Crippen LogP) is 2.27. The molecule has 1 aliphatic rings. The zero-order chi connectivity index (χ0) is 14.8. The summed E-state index contributed by atoms with van der Waals surface area (Å²) < 4.78 is 40.6. The highest BCUT2D eigenvalue weighted by Crippen LogP contribution is 2.29. The number of benzene rings is 1. The summed E-state index contributed by atoms with van der Waals surface area (Å²) in [5, 5.41) is 8.96. The third-order valence-corrected chi connectivity index (χ3v) is 5.87. The summed E-state index contributed by atoms with van der Waals surface area (Å²) in [6.07, 6.45) is 3.71. The van der Waals surface area contributed by atoms with Gasteiger partial charge in [0.1, 0.15) is 10.7 Å². The Balaban J connectivity index is 2.37. The van der Waals surface area contributed by atoms with Crippen molar-refractivity contribution in [1.29, 1.82) is 0 Å². The highest BCUT2D eigenvalue weighted by atomic mass is 32.2.